The second-order valence-electron chi connectivity index (χ2n) is 7.32. The quantitative estimate of drug-likeness (QED) is 0.781. The largest absolute Gasteiger partial charge is 0.367 e. The molecule has 0 spiro atoms. The van der Waals surface area contributed by atoms with Gasteiger partial charge in [-0.3, -0.25) is 9.69 Å². The minimum Gasteiger partial charge on any atom is -0.367 e. The monoisotopic (exact) mass is 369 g/mol. The zero-order valence-corrected chi connectivity index (χ0v) is 16.1. The molecule has 0 radical (unpaired) electrons. The third-order valence-corrected chi connectivity index (χ3v) is 5.06. The third-order valence-electron chi connectivity index (χ3n) is 5.06. The zero-order chi connectivity index (χ0) is 19.2. The molecule has 0 aliphatic carbocycles. The van der Waals surface area contributed by atoms with Crippen molar-refractivity contribution in [1.82, 2.24) is 9.80 Å². The summed E-state index contributed by atoms with van der Waals surface area (Å²) in [6.45, 7) is 8.13. The van der Waals surface area contributed by atoms with Gasteiger partial charge in [0.15, 0.2) is 0 Å². The van der Waals surface area contributed by atoms with E-state index < -0.39 is 0 Å². The first-order valence-corrected chi connectivity index (χ1v) is 9.60. The highest BCUT2D eigenvalue weighted by molar-refractivity contribution is 5.78. The number of amides is 1. The Kier molecular flexibility index (Phi) is 6.45. The van der Waals surface area contributed by atoms with Gasteiger partial charge >= 0.3 is 0 Å². The van der Waals surface area contributed by atoms with Crippen molar-refractivity contribution in [3.63, 3.8) is 0 Å². The summed E-state index contributed by atoms with van der Waals surface area (Å²) in [5.74, 6) is -0.0379. The lowest BCUT2D eigenvalue weighted by atomic mass is 10.2. The molecule has 1 fully saturated rings. The van der Waals surface area contributed by atoms with Gasteiger partial charge < -0.3 is 9.80 Å². The molecule has 3 rings (SSSR count). The Labute approximate surface area is 161 Å². The lowest BCUT2D eigenvalue weighted by Gasteiger charge is -2.37. The van der Waals surface area contributed by atoms with Gasteiger partial charge in [0.05, 0.1) is 12.2 Å². The van der Waals surface area contributed by atoms with Crippen LogP contribution in [0.4, 0.5) is 10.1 Å². The van der Waals surface area contributed by atoms with Crippen LogP contribution in [0.2, 0.25) is 0 Å². The second-order valence-corrected chi connectivity index (χ2v) is 7.32. The Morgan fingerprint density at radius 2 is 1.63 bits per heavy atom. The van der Waals surface area contributed by atoms with E-state index in [1.807, 2.05) is 35.2 Å². The summed E-state index contributed by atoms with van der Waals surface area (Å²) in [5, 5.41) is 0. The number of benzene rings is 2. The van der Waals surface area contributed by atoms with Crippen LogP contribution in [0.15, 0.2) is 54.6 Å². The van der Waals surface area contributed by atoms with E-state index in [9.17, 15) is 9.18 Å². The standard InChI is InChI=1S/C22H28FN3O/c1-18(2)26(16-19-8-4-3-5-9-19)22(27)17-24-12-14-25(15-13-24)21-11-7-6-10-20(21)23/h3-11,18H,12-17H2,1-2H3. The van der Waals surface area contributed by atoms with Crippen LogP contribution >= 0.6 is 0 Å². The van der Waals surface area contributed by atoms with Crippen LogP contribution in [-0.4, -0.2) is 54.5 Å². The molecule has 2 aromatic rings. The number of hydrogen-bond acceptors (Lipinski definition) is 3. The van der Waals surface area contributed by atoms with Gasteiger partial charge in [0.2, 0.25) is 5.91 Å². The van der Waals surface area contributed by atoms with Gasteiger partial charge in [-0.1, -0.05) is 42.5 Å². The van der Waals surface area contributed by atoms with Crippen molar-refractivity contribution in [2.45, 2.75) is 26.4 Å². The van der Waals surface area contributed by atoms with Gasteiger partial charge in [-0.05, 0) is 31.5 Å². The van der Waals surface area contributed by atoms with E-state index >= 15 is 0 Å². The van der Waals surface area contributed by atoms with Gasteiger partial charge in [0, 0.05) is 38.8 Å². The lowest BCUT2D eigenvalue weighted by Crippen LogP contribution is -2.51. The molecular weight excluding hydrogens is 341 g/mol. The molecule has 1 heterocycles. The Bertz CT molecular complexity index is 742. The molecule has 1 saturated heterocycles. The van der Waals surface area contributed by atoms with Crippen molar-refractivity contribution in [3.05, 3.63) is 66.0 Å². The molecule has 0 bridgehead atoms. The highest BCUT2D eigenvalue weighted by Crippen LogP contribution is 2.20. The van der Waals surface area contributed by atoms with Crippen molar-refractivity contribution in [2.24, 2.45) is 0 Å². The summed E-state index contributed by atoms with van der Waals surface area (Å²) in [6, 6.07) is 17.1. The minimum atomic E-state index is -0.184. The van der Waals surface area contributed by atoms with E-state index in [1.54, 1.807) is 6.07 Å². The predicted molar refractivity (Wildman–Crippen MR) is 107 cm³/mol. The second kappa shape index (κ2) is 9.00. The Balaban J connectivity index is 1.55. The van der Waals surface area contributed by atoms with Crippen molar-refractivity contribution in [2.75, 3.05) is 37.6 Å². The minimum absolute atomic E-state index is 0.146. The Morgan fingerprint density at radius 1 is 1.00 bits per heavy atom. The number of hydrogen-bond donors (Lipinski definition) is 0. The molecule has 0 unspecified atom stereocenters. The first kappa shape index (κ1) is 19.4. The van der Waals surface area contributed by atoms with Crippen LogP contribution < -0.4 is 4.90 Å². The Hall–Kier alpha value is -2.40. The topological polar surface area (TPSA) is 26.8 Å². The normalized spacial score (nSPS) is 15.2. The summed E-state index contributed by atoms with van der Waals surface area (Å²) in [7, 11) is 0. The zero-order valence-electron chi connectivity index (χ0n) is 16.1. The molecule has 2 aromatic carbocycles. The molecule has 0 N–H and O–H groups in total. The Morgan fingerprint density at radius 3 is 2.26 bits per heavy atom. The van der Waals surface area contributed by atoms with Crippen LogP contribution in [0.25, 0.3) is 0 Å². The fourth-order valence-corrected chi connectivity index (χ4v) is 3.48. The number of anilines is 1. The molecule has 1 amide bonds. The van der Waals surface area contributed by atoms with Crippen LogP contribution in [0.5, 0.6) is 0 Å². The number of piperazine rings is 1. The summed E-state index contributed by atoms with van der Waals surface area (Å²) >= 11 is 0. The van der Waals surface area contributed by atoms with Crippen LogP contribution in [0.1, 0.15) is 19.4 Å². The van der Waals surface area contributed by atoms with Gasteiger partial charge in [-0.2, -0.15) is 0 Å². The van der Waals surface area contributed by atoms with Gasteiger partial charge in [-0.15, -0.1) is 0 Å². The maximum Gasteiger partial charge on any atom is 0.237 e. The molecule has 0 aromatic heterocycles. The van der Waals surface area contributed by atoms with Gasteiger partial charge in [0.1, 0.15) is 5.82 Å². The highest BCUT2D eigenvalue weighted by Gasteiger charge is 2.24. The summed E-state index contributed by atoms with van der Waals surface area (Å²) in [5.41, 5.74) is 1.79. The molecule has 0 atom stereocenters. The molecule has 1 aliphatic heterocycles. The van der Waals surface area contributed by atoms with Crippen molar-refractivity contribution >= 4 is 11.6 Å². The number of rotatable bonds is 6. The predicted octanol–water partition coefficient (Wildman–Crippen LogP) is 3.38. The van der Waals surface area contributed by atoms with E-state index in [0.29, 0.717) is 18.8 Å². The van der Waals surface area contributed by atoms with E-state index in [1.165, 1.54) is 6.07 Å². The fourth-order valence-electron chi connectivity index (χ4n) is 3.48. The average molecular weight is 369 g/mol. The van der Waals surface area contributed by atoms with E-state index in [2.05, 4.69) is 35.8 Å². The number of carbonyl (C=O) groups is 1. The maximum atomic E-state index is 14.0. The highest BCUT2D eigenvalue weighted by atomic mass is 19.1. The molecule has 4 nitrogen and oxygen atoms in total. The smallest absolute Gasteiger partial charge is 0.237 e. The fraction of sp³-hybridized carbons (Fsp3) is 0.409. The number of para-hydroxylation sites is 1. The molecular formula is C22H28FN3O. The summed E-state index contributed by atoms with van der Waals surface area (Å²) in [4.78, 5) is 19.0. The van der Waals surface area contributed by atoms with E-state index in [4.69, 9.17) is 0 Å². The van der Waals surface area contributed by atoms with Crippen LogP contribution in [0, 0.1) is 5.82 Å². The van der Waals surface area contributed by atoms with Crippen LogP contribution in [-0.2, 0) is 11.3 Å². The summed E-state index contributed by atoms with van der Waals surface area (Å²) < 4.78 is 14.0. The van der Waals surface area contributed by atoms with Crippen molar-refractivity contribution in [3.8, 4) is 0 Å². The molecule has 144 valence electrons. The maximum absolute atomic E-state index is 14.0. The van der Waals surface area contributed by atoms with Crippen molar-refractivity contribution in [1.29, 1.82) is 0 Å². The number of halogens is 1. The first-order chi connectivity index (χ1) is 13.0. The first-order valence-electron chi connectivity index (χ1n) is 9.60. The van der Waals surface area contributed by atoms with Gasteiger partial charge in [-0.25, -0.2) is 4.39 Å². The van der Waals surface area contributed by atoms with Gasteiger partial charge in [0.25, 0.3) is 0 Å². The number of carbonyl (C=O) groups excluding carboxylic acids is 1. The number of nitrogens with zero attached hydrogens (tertiary/aromatic N) is 3. The lowest BCUT2D eigenvalue weighted by molar-refractivity contribution is -0.134. The molecule has 27 heavy (non-hydrogen) atoms. The van der Waals surface area contributed by atoms with E-state index in [-0.39, 0.29) is 17.8 Å². The summed E-state index contributed by atoms with van der Waals surface area (Å²) in [6.07, 6.45) is 0. The molecule has 5 heteroatoms. The molecule has 0 saturated carbocycles. The SMILES string of the molecule is CC(C)N(Cc1ccccc1)C(=O)CN1CCN(c2ccccc2F)CC1. The third kappa shape index (κ3) is 5.07. The van der Waals surface area contributed by atoms with Crippen molar-refractivity contribution < 1.29 is 9.18 Å². The average Bonchev–Trinajstić information content (AvgIpc) is 2.68. The van der Waals surface area contributed by atoms with Crippen LogP contribution in [0.3, 0.4) is 0 Å². The molecule has 1 aliphatic rings. The van der Waals surface area contributed by atoms with E-state index in [0.717, 1.165) is 31.7 Å².